The van der Waals surface area contributed by atoms with Gasteiger partial charge in [0.1, 0.15) is 5.82 Å². The monoisotopic (exact) mass is 305 g/mol. The molecule has 3 aromatic heterocycles. The number of nitrogens with one attached hydrogen (secondary N) is 3. The molecule has 1 aromatic carbocycles. The number of nitrogens with zero attached hydrogens (tertiary/aromatic N) is 3. The van der Waals surface area contributed by atoms with Crippen molar-refractivity contribution in [1.29, 1.82) is 0 Å². The molecule has 7 heteroatoms. The summed E-state index contributed by atoms with van der Waals surface area (Å²) in [7, 11) is 0. The molecule has 0 spiro atoms. The molecule has 0 bridgehead atoms. The number of anilines is 2. The van der Waals surface area contributed by atoms with E-state index in [1.807, 2.05) is 36.5 Å². The van der Waals surface area contributed by atoms with Crippen LogP contribution in [0.3, 0.4) is 0 Å². The van der Waals surface area contributed by atoms with Crippen LogP contribution in [0.2, 0.25) is 0 Å². The molecule has 0 fully saturated rings. The van der Waals surface area contributed by atoms with Gasteiger partial charge in [-0.05, 0) is 12.1 Å². The molecule has 5 N–H and O–H groups in total. The SMILES string of the molecule is Nc1cc(NCc2cn[nH]c2)c2ccc(-c3ccn[nH]3)cc2n1. The van der Waals surface area contributed by atoms with Crippen LogP contribution in [0.4, 0.5) is 11.5 Å². The zero-order valence-electron chi connectivity index (χ0n) is 12.2. The first kappa shape index (κ1) is 13.3. The first-order chi connectivity index (χ1) is 11.3. The van der Waals surface area contributed by atoms with E-state index in [1.54, 1.807) is 12.4 Å². The van der Waals surface area contributed by atoms with Crippen LogP contribution in [-0.2, 0) is 6.54 Å². The molecule has 0 saturated carbocycles. The van der Waals surface area contributed by atoms with Gasteiger partial charge < -0.3 is 11.1 Å². The van der Waals surface area contributed by atoms with Crippen LogP contribution in [0.1, 0.15) is 5.56 Å². The Hall–Kier alpha value is -3.35. The van der Waals surface area contributed by atoms with Crippen molar-refractivity contribution in [3.63, 3.8) is 0 Å². The average Bonchev–Trinajstić information content (AvgIpc) is 3.25. The van der Waals surface area contributed by atoms with E-state index in [9.17, 15) is 0 Å². The lowest BCUT2D eigenvalue weighted by Gasteiger charge is -2.11. The summed E-state index contributed by atoms with van der Waals surface area (Å²) in [6, 6.07) is 9.85. The van der Waals surface area contributed by atoms with E-state index >= 15 is 0 Å². The highest BCUT2D eigenvalue weighted by atomic mass is 15.1. The summed E-state index contributed by atoms with van der Waals surface area (Å²) in [4.78, 5) is 4.44. The number of nitrogens with two attached hydrogens (primary N) is 1. The molecule has 0 aliphatic rings. The maximum absolute atomic E-state index is 5.95. The first-order valence-electron chi connectivity index (χ1n) is 7.21. The Morgan fingerprint density at radius 1 is 1.13 bits per heavy atom. The predicted molar refractivity (Wildman–Crippen MR) is 89.7 cm³/mol. The summed E-state index contributed by atoms with van der Waals surface area (Å²) in [6.45, 7) is 0.664. The van der Waals surface area contributed by atoms with E-state index in [0.29, 0.717) is 12.4 Å². The number of fused-ring (bicyclic) bond motifs is 1. The smallest absolute Gasteiger partial charge is 0.126 e. The molecule has 3 heterocycles. The molecule has 0 amide bonds. The van der Waals surface area contributed by atoms with Gasteiger partial charge in [-0.15, -0.1) is 0 Å². The van der Waals surface area contributed by atoms with E-state index in [1.165, 1.54) is 0 Å². The quantitative estimate of drug-likeness (QED) is 0.463. The van der Waals surface area contributed by atoms with Crippen LogP contribution >= 0.6 is 0 Å². The first-order valence-corrected chi connectivity index (χ1v) is 7.21. The fraction of sp³-hybridized carbons (Fsp3) is 0.0625. The molecule has 114 valence electrons. The van der Waals surface area contributed by atoms with Crippen molar-refractivity contribution in [2.24, 2.45) is 0 Å². The van der Waals surface area contributed by atoms with E-state index in [0.717, 1.165) is 33.4 Å². The topological polar surface area (TPSA) is 108 Å². The number of H-pyrrole nitrogens is 2. The number of hydrogen-bond donors (Lipinski definition) is 4. The molecule has 7 nitrogen and oxygen atoms in total. The molecule has 4 rings (SSSR count). The Kier molecular flexibility index (Phi) is 3.16. The third-order valence-corrected chi connectivity index (χ3v) is 3.68. The fourth-order valence-electron chi connectivity index (χ4n) is 2.55. The minimum atomic E-state index is 0.481. The molecule has 0 saturated heterocycles. The largest absolute Gasteiger partial charge is 0.384 e. The zero-order chi connectivity index (χ0) is 15.6. The summed E-state index contributed by atoms with van der Waals surface area (Å²) in [5.74, 6) is 0.481. The number of aromatic amines is 2. The van der Waals surface area contributed by atoms with E-state index in [2.05, 4.69) is 30.7 Å². The van der Waals surface area contributed by atoms with Gasteiger partial charge in [0.15, 0.2) is 0 Å². The van der Waals surface area contributed by atoms with Crippen molar-refractivity contribution < 1.29 is 0 Å². The molecule has 23 heavy (non-hydrogen) atoms. The molecular formula is C16H15N7. The third kappa shape index (κ3) is 2.59. The summed E-state index contributed by atoms with van der Waals surface area (Å²) in [5, 5.41) is 18.1. The second kappa shape index (κ2) is 5.45. The Bertz CT molecular complexity index is 927. The van der Waals surface area contributed by atoms with Crippen molar-refractivity contribution >= 4 is 22.4 Å². The van der Waals surface area contributed by atoms with Crippen LogP contribution in [0.15, 0.2) is 48.9 Å². The number of pyridine rings is 1. The normalized spacial score (nSPS) is 11.0. The summed E-state index contributed by atoms with van der Waals surface area (Å²) >= 11 is 0. The Labute approximate surface area is 131 Å². The van der Waals surface area contributed by atoms with Gasteiger partial charge in [-0.3, -0.25) is 10.2 Å². The molecule has 0 aliphatic carbocycles. The van der Waals surface area contributed by atoms with Crippen LogP contribution in [0, 0.1) is 0 Å². The summed E-state index contributed by atoms with van der Waals surface area (Å²) in [5.41, 5.74) is 10.8. The molecule has 0 radical (unpaired) electrons. The lowest BCUT2D eigenvalue weighted by atomic mass is 10.1. The van der Waals surface area contributed by atoms with E-state index < -0.39 is 0 Å². The fourth-order valence-corrected chi connectivity index (χ4v) is 2.55. The second-order valence-corrected chi connectivity index (χ2v) is 5.26. The second-order valence-electron chi connectivity index (χ2n) is 5.26. The Balaban J connectivity index is 1.73. The number of aromatic nitrogens is 5. The highest BCUT2D eigenvalue weighted by Crippen LogP contribution is 2.28. The molecule has 0 aliphatic heterocycles. The predicted octanol–water partition coefficient (Wildman–Crippen LogP) is 2.54. The van der Waals surface area contributed by atoms with Crippen molar-refractivity contribution in [2.75, 3.05) is 11.1 Å². The number of rotatable bonds is 4. The highest BCUT2D eigenvalue weighted by molar-refractivity contribution is 5.95. The number of benzene rings is 1. The van der Waals surface area contributed by atoms with Gasteiger partial charge >= 0.3 is 0 Å². The third-order valence-electron chi connectivity index (χ3n) is 3.68. The lowest BCUT2D eigenvalue weighted by molar-refractivity contribution is 1.09. The van der Waals surface area contributed by atoms with Crippen molar-refractivity contribution in [3.8, 4) is 11.3 Å². The molecular weight excluding hydrogens is 290 g/mol. The van der Waals surface area contributed by atoms with Crippen LogP contribution in [0.5, 0.6) is 0 Å². The average molecular weight is 305 g/mol. The molecule has 0 unspecified atom stereocenters. The van der Waals surface area contributed by atoms with E-state index in [-0.39, 0.29) is 0 Å². The summed E-state index contributed by atoms with van der Waals surface area (Å²) in [6.07, 6.45) is 5.37. The van der Waals surface area contributed by atoms with Gasteiger partial charge in [-0.2, -0.15) is 10.2 Å². The Morgan fingerprint density at radius 3 is 2.87 bits per heavy atom. The van der Waals surface area contributed by atoms with Crippen LogP contribution < -0.4 is 11.1 Å². The van der Waals surface area contributed by atoms with Gasteiger partial charge in [0.05, 0.1) is 17.4 Å². The van der Waals surface area contributed by atoms with Crippen LogP contribution in [0.25, 0.3) is 22.2 Å². The maximum Gasteiger partial charge on any atom is 0.126 e. The number of nitrogen functional groups attached to an aromatic ring is 1. The van der Waals surface area contributed by atoms with Crippen molar-refractivity contribution in [3.05, 3.63) is 54.5 Å². The maximum atomic E-state index is 5.95. The number of hydrogen-bond acceptors (Lipinski definition) is 5. The van der Waals surface area contributed by atoms with Crippen LogP contribution in [-0.4, -0.2) is 25.4 Å². The van der Waals surface area contributed by atoms with Gasteiger partial charge in [-0.25, -0.2) is 4.98 Å². The molecule has 0 atom stereocenters. The van der Waals surface area contributed by atoms with Gasteiger partial charge in [0.25, 0.3) is 0 Å². The van der Waals surface area contributed by atoms with Crippen molar-refractivity contribution in [2.45, 2.75) is 6.54 Å². The zero-order valence-corrected chi connectivity index (χ0v) is 12.2. The van der Waals surface area contributed by atoms with E-state index in [4.69, 9.17) is 5.73 Å². The minimum Gasteiger partial charge on any atom is -0.384 e. The minimum absolute atomic E-state index is 0.481. The van der Waals surface area contributed by atoms with Gasteiger partial charge in [-0.1, -0.05) is 12.1 Å². The van der Waals surface area contributed by atoms with Gasteiger partial charge in [0, 0.05) is 47.2 Å². The Morgan fingerprint density at radius 2 is 2.09 bits per heavy atom. The van der Waals surface area contributed by atoms with Crippen molar-refractivity contribution in [1.82, 2.24) is 25.4 Å². The standard InChI is InChI=1S/C16H15N7/c17-16-6-14(18-7-10-8-20-21-9-10)12-2-1-11(5-15(12)22-16)13-3-4-19-23-13/h1-6,8-9H,7H2,(H,19,23)(H,20,21)(H3,17,18,22). The van der Waals surface area contributed by atoms with Gasteiger partial charge in [0.2, 0.25) is 0 Å². The summed E-state index contributed by atoms with van der Waals surface area (Å²) < 4.78 is 0. The lowest BCUT2D eigenvalue weighted by Crippen LogP contribution is -2.01. The highest BCUT2D eigenvalue weighted by Gasteiger charge is 2.07. The molecule has 4 aromatic rings.